The minimum atomic E-state index is -5.10. The summed E-state index contributed by atoms with van der Waals surface area (Å²) in [5.74, 6) is -9.85. The van der Waals surface area contributed by atoms with E-state index in [4.69, 9.17) is 11.6 Å². The molecule has 23 heteroatoms. The minimum Gasteiger partial charge on any atom is -0.344 e. The molecule has 2 aliphatic rings. The van der Waals surface area contributed by atoms with E-state index in [1.807, 2.05) is 0 Å². The first-order chi connectivity index (χ1) is 26.1. The number of sulfonamides is 1. The number of amides is 1. The Kier molecular flexibility index (Phi) is 8.58. The van der Waals surface area contributed by atoms with Gasteiger partial charge in [-0.05, 0) is 49.1 Å². The van der Waals surface area contributed by atoms with Gasteiger partial charge in [-0.3, -0.25) is 28.2 Å². The first kappa shape index (κ1) is 37.8. The molecule has 0 saturated heterocycles. The molecule has 13 nitrogen and oxygen atoms in total. The van der Waals surface area contributed by atoms with Crippen molar-refractivity contribution in [2.45, 2.75) is 50.4 Å². The fourth-order valence-electron chi connectivity index (χ4n) is 7.39. The number of anilines is 1. The van der Waals surface area contributed by atoms with Gasteiger partial charge in [0.1, 0.15) is 34.4 Å². The van der Waals surface area contributed by atoms with Gasteiger partial charge in [-0.25, -0.2) is 27.2 Å². The maximum absolute atomic E-state index is 15.4. The van der Waals surface area contributed by atoms with Crippen molar-refractivity contribution >= 4 is 65.9 Å². The molecular weight excluding hydrogens is 819 g/mol. The van der Waals surface area contributed by atoms with Crippen LogP contribution in [0.5, 0.6) is 0 Å². The number of aromatic nitrogens is 7. The highest BCUT2D eigenvalue weighted by atomic mass is 35.5. The number of nitrogens with one attached hydrogen (secondary N) is 2. The molecule has 0 unspecified atom stereocenters. The Morgan fingerprint density at radius 3 is 2.48 bits per heavy atom. The molecule has 1 saturated carbocycles. The Bertz CT molecular complexity index is 2810. The molecule has 6 aromatic rings. The second-order valence-corrected chi connectivity index (χ2v) is 16.9. The van der Waals surface area contributed by atoms with Gasteiger partial charge in [0, 0.05) is 31.0 Å². The molecule has 1 amide bonds. The Hall–Kier alpha value is -5.09. The Morgan fingerprint density at radius 1 is 1.12 bits per heavy atom. The summed E-state index contributed by atoms with van der Waals surface area (Å²) in [7, 11) is -2.48. The number of thiazole rings is 1. The zero-order chi connectivity index (χ0) is 40.4. The Labute approximate surface area is 319 Å². The van der Waals surface area contributed by atoms with Crippen LogP contribution in [-0.2, 0) is 46.9 Å². The summed E-state index contributed by atoms with van der Waals surface area (Å²) >= 11 is 7.50. The number of alkyl halides is 5. The normalized spacial score (nSPS) is 18.0. The van der Waals surface area contributed by atoms with E-state index in [9.17, 15) is 40.0 Å². The average molecular weight is 844 g/mol. The van der Waals surface area contributed by atoms with Crippen LogP contribution in [0.15, 0.2) is 35.1 Å². The van der Waals surface area contributed by atoms with Crippen molar-refractivity contribution in [1.82, 2.24) is 39.4 Å². The second kappa shape index (κ2) is 12.7. The van der Waals surface area contributed by atoms with Crippen LogP contribution in [0, 0.1) is 24.5 Å². The zero-order valence-corrected chi connectivity index (χ0v) is 31.2. The van der Waals surface area contributed by atoms with Crippen molar-refractivity contribution in [3.8, 4) is 5.69 Å². The number of aryl methyl sites for hydroxylation is 2. The first-order valence-corrected chi connectivity index (χ1v) is 19.5. The lowest BCUT2D eigenvalue weighted by Gasteiger charge is -2.23. The van der Waals surface area contributed by atoms with Gasteiger partial charge in [0.05, 0.1) is 38.9 Å². The second-order valence-electron chi connectivity index (χ2n) is 13.6. The van der Waals surface area contributed by atoms with E-state index in [2.05, 4.69) is 30.2 Å². The average Bonchev–Trinajstić information content (AvgIpc) is 3.35. The summed E-state index contributed by atoms with van der Waals surface area (Å²) in [6.07, 6.45) is -4.90. The van der Waals surface area contributed by atoms with Gasteiger partial charge >= 0.3 is 6.18 Å². The predicted molar refractivity (Wildman–Crippen MR) is 188 cm³/mol. The molecule has 0 aliphatic heterocycles. The van der Waals surface area contributed by atoms with Gasteiger partial charge in [-0.15, -0.1) is 11.3 Å². The molecule has 2 N–H and O–H groups in total. The largest absolute Gasteiger partial charge is 0.435 e. The molecule has 4 heterocycles. The standard InChI is InChI=1S/C33H25ClF7N9O4S2/c1-12-42-29-25(55-12)31(52)50(20-5-4-18(34)23-24(20)48(2)46-28(23)47-56(3,53)54)30(44-29)19(8-13-6-14(35)9-15(36)7-13)43-21(51)11-49-27-22(26(45-49)33(39,40)41)16-10-17(16)32(27,37)38/h4-7,9,16-17,19H,8,10-11H2,1-3H3,(H,43,51)(H,46,47)/t16-,17+,19-/m0/s1. The number of carbonyl (C=O) groups is 1. The van der Waals surface area contributed by atoms with Crippen molar-refractivity contribution in [3.63, 3.8) is 0 Å². The van der Waals surface area contributed by atoms with E-state index in [1.165, 1.54) is 23.9 Å². The Balaban J connectivity index is 1.31. The molecule has 4 aromatic heterocycles. The maximum Gasteiger partial charge on any atom is 0.435 e. The molecule has 8 rings (SSSR count). The number of hydrogen-bond acceptors (Lipinski definition) is 9. The highest BCUT2D eigenvalue weighted by Crippen LogP contribution is 2.68. The molecule has 2 aliphatic carbocycles. The summed E-state index contributed by atoms with van der Waals surface area (Å²) in [5, 5.41) is 10.6. The van der Waals surface area contributed by atoms with E-state index >= 15 is 8.78 Å². The highest BCUT2D eigenvalue weighted by Gasteiger charge is 2.68. The van der Waals surface area contributed by atoms with Crippen LogP contribution in [0.3, 0.4) is 0 Å². The monoisotopic (exact) mass is 843 g/mol. The number of benzene rings is 2. The fraction of sp³-hybridized carbons (Fsp3) is 0.333. The quantitative estimate of drug-likeness (QED) is 0.171. The van der Waals surface area contributed by atoms with Crippen molar-refractivity contribution in [2.75, 3.05) is 11.0 Å². The molecule has 0 spiro atoms. The Morgan fingerprint density at radius 2 is 1.82 bits per heavy atom. The molecule has 0 radical (unpaired) electrons. The number of halogens is 8. The van der Waals surface area contributed by atoms with E-state index < -0.39 is 93.0 Å². The van der Waals surface area contributed by atoms with Gasteiger partial charge in [0.15, 0.2) is 17.2 Å². The van der Waals surface area contributed by atoms with E-state index in [0.29, 0.717) is 15.8 Å². The smallest absolute Gasteiger partial charge is 0.344 e. The van der Waals surface area contributed by atoms with Crippen molar-refractivity contribution in [1.29, 1.82) is 0 Å². The number of hydrogen-bond donors (Lipinski definition) is 2. The zero-order valence-electron chi connectivity index (χ0n) is 28.8. The van der Waals surface area contributed by atoms with Crippen LogP contribution in [-0.4, -0.2) is 54.7 Å². The van der Waals surface area contributed by atoms with Gasteiger partial charge in [-0.1, -0.05) is 11.6 Å². The van der Waals surface area contributed by atoms with Gasteiger partial charge in [0.25, 0.3) is 11.5 Å². The molecule has 294 valence electrons. The summed E-state index contributed by atoms with van der Waals surface area (Å²) in [6.45, 7) is 0.448. The highest BCUT2D eigenvalue weighted by molar-refractivity contribution is 7.92. The van der Waals surface area contributed by atoms with Crippen LogP contribution >= 0.6 is 22.9 Å². The summed E-state index contributed by atoms with van der Waals surface area (Å²) < 4.78 is 131. The van der Waals surface area contributed by atoms with Crippen LogP contribution in [0.4, 0.5) is 36.6 Å². The predicted octanol–water partition coefficient (Wildman–Crippen LogP) is 5.86. The molecule has 0 bridgehead atoms. The topological polar surface area (TPSA) is 159 Å². The van der Waals surface area contributed by atoms with Crippen molar-refractivity contribution in [2.24, 2.45) is 13.0 Å². The van der Waals surface area contributed by atoms with Gasteiger partial charge in [-0.2, -0.15) is 32.1 Å². The van der Waals surface area contributed by atoms with Gasteiger partial charge < -0.3 is 5.32 Å². The first-order valence-electron chi connectivity index (χ1n) is 16.5. The maximum atomic E-state index is 15.4. The van der Waals surface area contributed by atoms with Crippen LogP contribution < -0.4 is 15.6 Å². The SMILES string of the molecule is Cc1nc2nc([C@H](Cc3cc(F)cc(F)c3)NC(=O)Cn3nc(C(F)(F)F)c4c3C(F)(F)[C@@H]3C[C@H]43)n(-c3ccc(Cl)c4c(NS(C)(=O)=O)nn(C)c34)c(=O)c2s1. The molecule has 1 fully saturated rings. The van der Waals surface area contributed by atoms with E-state index in [0.717, 1.165) is 34.3 Å². The number of nitrogens with zero attached hydrogens (tertiary/aromatic N) is 7. The lowest BCUT2D eigenvalue weighted by molar-refractivity contribution is -0.142. The lowest BCUT2D eigenvalue weighted by atomic mass is 10.0. The van der Waals surface area contributed by atoms with Crippen LogP contribution in [0.2, 0.25) is 5.02 Å². The third kappa shape index (κ3) is 6.36. The molecule has 3 atom stereocenters. The van der Waals surface area contributed by atoms with Crippen LogP contribution in [0.25, 0.3) is 26.9 Å². The lowest BCUT2D eigenvalue weighted by Crippen LogP contribution is -2.38. The summed E-state index contributed by atoms with van der Waals surface area (Å²) in [5.41, 5.74) is -4.08. The minimum absolute atomic E-state index is 0.00958. The number of fused-ring (bicyclic) bond motifs is 5. The van der Waals surface area contributed by atoms with Gasteiger partial charge in [0.2, 0.25) is 15.9 Å². The summed E-state index contributed by atoms with van der Waals surface area (Å²) in [4.78, 5) is 37.2. The van der Waals surface area contributed by atoms with Crippen molar-refractivity contribution < 1.29 is 43.9 Å². The van der Waals surface area contributed by atoms with E-state index in [-0.39, 0.29) is 55.6 Å². The van der Waals surface area contributed by atoms with E-state index in [1.54, 1.807) is 6.92 Å². The number of carbonyl (C=O) groups excluding carboxylic acids is 1. The van der Waals surface area contributed by atoms with Crippen LogP contribution in [0.1, 0.15) is 51.7 Å². The fourth-order valence-corrected chi connectivity index (χ4v) is 8.91. The number of rotatable bonds is 9. The molecular formula is C33H25ClF7N9O4S2. The molecule has 56 heavy (non-hydrogen) atoms. The molecule has 2 aromatic carbocycles. The summed E-state index contributed by atoms with van der Waals surface area (Å²) in [6, 6.07) is 3.61. The third-order valence-electron chi connectivity index (χ3n) is 9.50. The van der Waals surface area contributed by atoms with Crippen molar-refractivity contribution in [3.05, 3.63) is 90.7 Å². The third-order valence-corrected chi connectivity index (χ3v) is 11.3.